The average molecular weight is 448 g/mol. The molecule has 9 nitrogen and oxygen atoms in total. The third kappa shape index (κ3) is 4.72. The Kier molecular flexibility index (Phi) is 6.39. The van der Waals surface area contributed by atoms with Gasteiger partial charge in [-0.2, -0.15) is 0 Å². The van der Waals surface area contributed by atoms with Crippen molar-refractivity contribution in [3.05, 3.63) is 92.9 Å². The summed E-state index contributed by atoms with van der Waals surface area (Å²) in [6.45, 7) is 0.643. The summed E-state index contributed by atoms with van der Waals surface area (Å²) in [5, 5.41) is 0. The predicted molar refractivity (Wildman–Crippen MR) is 122 cm³/mol. The first-order valence-corrected chi connectivity index (χ1v) is 10.5. The van der Waals surface area contributed by atoms with Gasteiger partial charge in [0.15, 0.2) is 11.2 Å². The SMILES string of the molecule is Cn1cnc2c1c(=O)n(CCCOC(=O)c1ccc(OCc3ccccc3)cc1)c(=O)n2C. The van der Waals surface area contributed by atoms with Crippen LogP contribution in [0.3, 0.4) is 0 Å². The largest absolute Gasteiger partial charge is 0.489 e. The molecule has 0 aliphatic rings. The van der Waals surface area contributed by atoms with Crippen molar-refractivity contribution >= 4 is 17.1 Å². The first-order valence-electron chi connectivity index (χ1n) is 10.5. The van der Waals surface area contributed by atoms with Gasteiger partial charge in [0.25, 0.3) is 5.56 Å². The summed E-state index contributed by atoms with van der Waals surface area (Å²) in [5.74, 6) is 0.170. The van der Waals surface area contributed by atoms with Crippen LogP contribution in [0.15, 0.2) is 70.5 Å². The molecule has 0 atom stereocenters. The molecule has 0 radical (unpaired) electrons. The molecule has 9 heteroatoms. The third-order valence-corrected chi connectivity index (χ3v) is 5.30. The van der Waals surface area contributed by atoms with E-state index < -0.39 is 17.2 Å². The highest BCUT2D eigenvalue weighted by atomic mass is 16.5. The molecule has 0 unspecified atom stereocenters. The van der Waals surface area contributed by atoms with Gasteiger partial charge in [0.2, 0.25) is 0 Å². The average Bonchev–Trinajstić information content (AvgIpc) is 3.23. The number of rotatable bonds is 8. The van der Waals surface area contributed by atoms with Gasteiger partial charge in [-0.25, -0.2) is 14.6 Å². The van der Waals surface area contributed by atoms with E-state index in [4.69, 9.17) is 9.47 Å². The van der Waals surface area contributed by atoms with Crippen molar-refractivity contribution in [2.45, 2.75) is 19.6 Å². The first-order chi connectivity index (χ1) is 16.0. The fourth-order valence-corrected chi connectivity index (χ4v) is 3.49. The van der Waals surface area contributed by atoms with Crippen LogP contribution in [-0.2, 0) is 32.0 Å². The third-order valence-electron chi connectivity index (χ3n) is 5.30. The summed E-state index contributed by atoms with van der Waals surface area (Å²) in [6, 6.07) is 16.5. The van der Waals surface area contributed by atoms with Gasteiger partial charge in [0.05, 0.1) is 18.5 Å². The summed E-state index contributed by atoms with van der Waals surface area (Å²) in [7, 11) is 3.27. The van der Waals surface area contributed by atoms with Gasteiger partial charge in [-0.1, -0.05) is 30.3 Å². The number of hydrogen-bond donors (Lipinski definition) is 0. The maximum Gasteiger partial charge on any atom is 0.338 e. The molecule has 0 N–H and O–H groups in total. The maximum atomic E-state index is 12.7. The molecule has 0 amide bonds. The van der Waals surface area contributed by atoms with E-state index in [0.717, 1.165) is 10.1 Å². The number of ether oxygens (including phenoxy) is 2. The fourth-order valence-electron chi connectivity index (χ4n) is 3.49. The van der Waals surface area contributed by atoms with E-state index in [9.17, 15) is 14.4 Å². The van der Waals surface area contributed by atoms with E-state index in [1.165, 1.54) is 10.9 Å². The Morgan fingerprint density at radius 1 is 1.00 bits per heavy atom. The standard InChI is InChI=1S/C24H24N4O5/c1-26-16-25-21-20(26)22(29)28(24(31)27(21)2)13-6-14-32-23(30)18-9-11-19(12-10-18)33-15-17-7-4-3-5-8-17/h3-5,7-12,16H,6,13-15H2,1-2H3. The molecule has 0 spiro atoms. The van der Waals surface area contributed by atoms with Crippen LogP contribution < -0.4 is 16.0 Å². The van der Waals surface area contributed by atoms with Crippen LogP contribution in [0, 0.1) is 0 Å². The van der Waals surface area contributed by atoms with E-state index in [1.54, 1.807) is 42.9 Å². The van der Waals surface area contributed by atoms with Crippen molar-refractivity contribution < 1.29 is 14.3 Å². The number of carbonyl (C=O) groups excluding carboxylic acids is 1. The summed E-state index contributed by atoms with van der Waals surface area (Å²) in [4.78, 5) is 41.6. The Labute approximate surface area is 189 Å². The van der Waals surface area contributed by atoms with E-state index in [2.05, 4.69) is 4.98 Å². The van der Waals surface area contributed by atoms with Crippen molar-refractivity contribution in [1.82, 2.24) is 18.7 Å². The number of aromatic nitrogens is 4. The minimum Gasteiger partial charge on any atom is -0.489 e. The van der Waals surface area contributed by atoms with Gasteiger partial charge >= 0.3 is 11.7 Å². The van der Waals surface area contributed by atoms with E-state index in [0.29, 0.717) is 35.5 Å². The fraction of sp³-hybridized carbons (Fsp3) is 0.250. The van der Waals surface area contributed by atoms with Gasteiger partial charge < -0.3 is 14.0 Å². The molecule has 170 valence electrons. The molecule has 4 aromatic rings. The van der Waals surface area contributed by atoms with Crippen molar-refractivity contribution in [2.75, 3.05) is 6.61 Å². The lowest BCUT2D eigenvalue weighted by Gasteiger charge is -2.10. The zero-order valence-electron chi connectivity index (χ0n) is 18.4. The van der Waals surface area contributed by atoms with Crippen LogP contribution in [0.1, 0.15) is 22.3 Å². The molecule has 0 fully saturated rings. The zero-order valence-corrected chi connectivity index (χ0v) is 18.4. The van der Waals surface area contributed by atoms with Crippen LogP contribution in [-0.4, -0.2) is 31.3 Å². The van der Waals surface area contributed by atoms with Crippen LogP contribution in [0.2, 0.25) is 0 Å². The number of imidazole rings is 1. The minimum absolute atomic E-state index is 0.0735. The molecule has 0 bridgehead atoms. The Morgan fingerprint density at radius 2 is 1.73 bits per heavy atom. The molecule has 0 aliphatic carbocycles. The molecule has 33 heavy (non-hydrogen) atoms. The molecule has 0 saturated heterocycles. The number of fused-ring (bicyclic) bond motifs is 1. The molecule has 0 aliphatic heterocycles. The van der Waals surface area contributed by atoms with E-state index in [-0.39, 0.29) is 13.2 Å². The molecule has 2 aromatic heterocycles. The van der Waals surface area contributed by atoms with Crippen LogP contribution in [0.25, 0.3) is 11.2 Å². The second-order valence-electron chi connectivity index (χ2n) is 7.61. The summed E-state index contributed by atoms with van der Waals surface area (Å²) in [5.41, 5.74) is 1.27. The zero-order chi connectivity index (χ0) is 23.4. The van der Waals surface area contributed by atoms with Crippen molar-refractivity contribution in [3.63, 3.8) is 0 Å². The maximum absolute atomic E-state index is 12.7. The summed E-state index contributed by atoms with van der Waals surface area (Å²) >= 11 is 0. The van der Waals surface area contributed by atoms with Gasteiger partial charge in [-0.3, -0.25) is 13.9 Å². The lowest BCUT2D eigenvalue weighted by molar-refractivity contribution is 0.0495. The molecule has 0 saturated carbocycles. The number of esters is 1. The van der Waals surface area contributed by atoms with E-state index in [1.807, 2.05) is 30.3 Å². The van der Waals surface area contributed by atoms with Gasteiger partial charge in [0, 0.05) is 20.6 Å². The van der Waals surface area contributed by atoms with Crippen LogP contribution >= 0.6 is 0 Å². The number of hydrogen-bond acceptors (Lipinski definition) is 6. The Hall–Kier alpha value is -4.14. The highest BCUT2D eigenvalue weighted by Crippen LogP contribution is 2.15. The lowest BCUT2D eigenvalue weighted by Crippen LogP contribution is -2.39. The van der Waals surface area contributed by atoms with Crippen LogP contribution in [0.5, 0.6) is 5.75 Å². The summed E-state index contributed by atoms with van der Waals surface area (Å²) < 4.78 is 15.1. The number of carbonyl (C=O) groups is 1. The van der Waals surface area contributed by atoms with Gasteiger partial charge in [-0.15, -0.1) is 0 Å². The monoisotopic (exact) mass is 448 g/mol. The molecule has 2 aromatic carbocycles. The van der Waals surface area contributed by atoms with Gasteiger partial charge in [-0.05, 0) is 36.2 Å². The molecular formula is C24H24N4O5. The number of nitrogens with zero attached hydrogens (tertiary/aromatic N) is 4. The van der Waals surface area contributed by atoms with Crippen LogP contribution in [0.4, 0.5) is 0 Å². The highest BCUT2D eigenvalue weighted by molar-refractivity contribution is 5.89. The number of aryl methyl sites for hydroxylation is 2. The quantitative estimate of drug-likeness (QED) is 0.303. The molecule has 2 heterocycles. The summed E-state index contributed by atoms with van der Waals surface area (Å²) in [6.07, 6.45) is 1.82. The normalized spacial score (nSPS) is 11.0. The topological polar surface area (TPSA) is 97.4 Å². The Balaban J connectivity index is 1.31. The predicted octanol–water partition coefficient (Wildman–Crippen LogP) is 2.26. The van der Waals surface area contributed by atoms with Crippen molar-refractivity contribution in [1.29, 1.82) is 0 Å². The Morgan fingerprint density at radius 3 is 2.45 bits per heavy atom. The van der Waals surface area contributed by atoms with Crippen molar-refractivity contribution in [2.24, 2.45) is 14.1 Å². The minimum atomic E-state index is -0.480. The second kappa shape index (κ2) is 9.56. The van der Waals surface area contributed by atoms with Crippen molar-refractivity contribution in [3.8, 4) is 5.75 Å². The highest BCUT2D eigenvalue weighted by Gasteiger charge is 2.15. The van der Waals surface area contributed by atoms with E-state index >= 15 is 0 Å². The molecule has 4 rings (SSSR count). The first kappa shape index (κ1) is 22.1. The lowest BCUT2D eigenvalue weighted by atomic mass is 10.2. The second-order valence-corrected chi connectivity index (χ2v) is 7.61. The van der Waals surface area contributed by atoms with Gasteiger partial charge in [0.1, 0.15) is 12.4 Å². The number of benzene rings is 2. The Bertz CT molecular complexity index is 1380. The molecular weight excluding hydrogens is 424 g/mol. The smallest absolute Gasteiger partial charge is 0.338 e.